The molecule has 0 aliphatic heterocycles. The molecule has 27 heavy (non-hydrogen) atoms. The summed E-state index contributed by atoms with van der Waals surface area (Å²) in [6.45, 7) is 2.79. The van der Waals surface area contributed by atoms with Crippen LogP contribution in [0.5, 0.6) is 0 Å². The molecule has 0 radical (unpaired) electrons. The topological polar surface area (TPSA) is 53.5 Å². The molecule has 2 aromatic carbocycles. The number of aromatic nitrogens is 1. The average molecular weight is 404 g/mol. The Kier molecular flexibility index (Phi) is 7.07. The van der Waals surface area contributed by atoms with Crippen molar-refractivity contribution in [2.24, 2.45) is 0 Å². The largest absolute Gasteiger partial charge is 0.308 e. The molecule has 0 saturated heterocycles. The SMILES string of the molecule is CC(=O)c1ccc(C(=O)N(CCN(C)C)c2nc3ccccc3s2)cc1.Cl. The van der Waals surface area contributed by atoms with Crippen LogP contribution in [0.25, 0.3) is 10.2 Å². The number of rotatable bonds is 6. The monoisotopic (exact) mass is 403 g/mol. The Morgan fingerprint density at radius 2 is 1.59 bits per heavy atom. The van der Waals surface area contributed by atoms with E-state index in [1.165, 1.54) is 18.3 Å². The van der Waals surface area contributed by atoms with Crippen molar-refractivity contribution in [2.45, 2.75) is 6.92 Å². The molecule has 0 fully saturated rings. The van der Waals surface area contributed by atoms with Gasteiger partial charge < -0.3 is 4.90 Å². The first-order valence-electron chi connectivity index (χ1n) is 8.39. The van der Waals surface area contributed by atoms with E-state index in [4.69, 9.17) is 0 Å². The van der Waals surface area contributed by atoms with Gasteiger partial charge in [0.15, 0.2) is 10.9 Å². The molecule has 0 N–H and O–H groups in total. The third-order valence-corrected chi connectivity index (χ3v) is 5.13. The molecule has 3 aromatic rings. The van der Waals surface area contributed by atoms with Crippen LogP contribution in [-0.2, 0) is 0 Å². The van der Waals surface area contributed by atoms with E-state index in [0.29, 0.717) is 22.8 Å². The minimum atomic E-state index is -0.110. The van der Waals surface area contributed by atoms with Crippen molar-refractivity contribution in [1.29, 1.82) is 0 Å². The summed E-state index contributed by atoms with van der Waals surface area (Å²) < 4.78 is 1.05. The van der Waals surface area contributed by atoms with Gasteiger partial charge in [-0.15, -0.1) is 12.4 Å². The van der Waals surface area contributed by atoms with Gasteiger partial charge in [-0.05, 0) is 45.3 Å². The number of anilines is 1. The van der Waals surface area contributed by atoms with E-state index in [1.54, 1.807) is 29.2 Å². The number of hydrogen-bond acceptors (Lipinski definition) is 5. The molecule has 0 spiro atoms. The summed E-state index contributed by atoms with van der Waals surface area (Å²) in [6.07, 6.45) is 0. The number of thiazole rings is 1. The number of Topliss-reactive ketones (excluding diaryl/α,β-unsaturated/α-hetero) is 1. The third-order valence-electron chi connectivity index (χ3n) is 4.07. The van der Waals surface area contributed by atoms with Gasteiger partial charge in [-0.3, -0.25) is 14.5 Å². The highest BCUT2D eigenvalue weighted by molar-refractivity contribution is 7.22. The van der Waals surface area contributed by atoms with Gasteiger partial charge in [-0.25, -0.2) is 4.98 Å². The maximum absolute atomic E-state index is 13.1. The van der Waals surface area contributed by atoms with E-state index < -0.39 is 0 Å². The van der Waals surface area contributed by atoms with Crippen LogP contribution in [0.2, 0.25) is 0 Å². The summed E-state index contributed by atoms with van der Waals surface area (Å²) in [5, 5.41) is 0.689. The lowest BCUT2D eigenvalue weighted by Gasteiger charge is -2.22. The van der Waals surface area contributed by atoms with Gasteiger partial charge in [0.2, 0.25) is 0 Å². The molecule has 1 aromatic heterocycles. The summed E-state index contributed by atoms with van der Waals surface area (Å²) in [5.74, 6) is -0.124. The van der Waals surface area contributed by atoms with Gasteiger partial charge in [0, 0.05) is 24.2 Å². The van der Waals surface area contributed by atoms with Gasteiger partial charge >= 0.3 is 0 Å². The predicted molar refractivity (Wildman–Crippen MR) is 114 cm³/mol. The van der Waals surface area contributed by atoms with Gasteiger partial charge in [0.1, 0.15) is 0 Å². The second-order valence-corrected chi connectivity index (χ2v) is 7.37. The van der Waals surface area contributed by atoms with Crippen molar-refractivity contribution < 1.29 is 9.59 Å². The molecule has 142 valence electrons. The number of likely N-dealkylation sites (N-methyl/N-ethyl adjacent to an activating group) is 1. The standard InChI is InChI=1S/C20H21N3O2S.ClH/c1-14(24)15-8-10-16(11-9-15)19(25)23(13-12-22(2)3)20-21-17-6-4-5-7-18(17)26-20;/h4-11H,12-13H2,1-3H3;1H. The minimum absolute atomic E-state index is 0. The Labute approximate surface area is 169 Å². The lowest BCUT2D eigenvalue weighted by atomic mass is 10.1. The first-order valence-corrected chi connectivity index (χ1v) is 9.20. The number of hydrogen-bond donors (Lipinski definition) is 0. The van der Waals surface area contributed by atoms with Gasteiger partial charge in [-0.1, -0.05) is 35.6 Å². The summed E-state index contributed by atoms with van der Waals surface area (Å²) in [7, 11) is 3.95. The van der Waals surface area contributed by atoms with Crippen molar-refractivity contribution in [3.8, 4) is 0 Å². The summed E-state index contributed by atoms with van der Waals surface area (Å²) in [5.41, 5.74) is 2.04. The molecular weight excluding hydrogens is 382 g/mol. The molecule has 7 heteroatoms. The molecule has 1 heterocycles. The zero-order chi connectivity index (χ0) is 18.7. The lowest BCUT2D eigenvalue weighted by molar-refractivity contribution is 0.0981. The Morgan fingerprint density at radius 1 is 0.963 bits per heavy atom. The molecular formula is C20H22ClN3O2S. The first kappa shape index (κ1) is 21.0. The number of fused-ring (bicyclic) bond motifs is 1. The number of carbonyl (C=O) groups is 2. The zero-order valence-electron chi connectivity index (χ0n) is 15.5. The molecule has 0 atom stereocenters. The van der Waals surface area contributed by atoms with Crippen LogP contribution < -0.4 is 4.90 Å². The minimum Gasteiger partial charge on any atom is -0.308 e. The van der Waals surface area contributed by atoms with Gasteiger partial charge in [0.25, 0.3) is 5.91 Å². The second-order valence-electron chi connectivity index (χ2n) is 6.36. The molecule has 0 saturated carbocycles. The van der Waals surface area contributed by atoms with Crippen LogP contribution in [0.1, 0.15) is 27.6 Å². The fourth-order valence-corrected chi connectivity index (χ4v) is 3.55. The summed E-state index contributed by atoms with van der Waals surface area (Å²) in [4.78, 5) is 32.9. The smallest absolute Gasteiger partial charge is 0.260 e. The number of para-hydroxylation sites is 1. The van der Waals surface area contributed by atoms with E-state index in [-0.39, 0.29) is 24.1 Å². The lowest BCUT2D eigenvalue weighted by Crippen LogP contribution is -2.36. The molecule has 0 bridgehead atoms. The highest BCUT2D eigenvalue weighted by Gasteiger charge is 2.21. The number of ketones is 1. The molecule has 0 aliphatic rings. The van der Waals surface area contributed by atoms with E-state index in [2.05, 4.69) is 4.98 Å². The van der Waals surface area contributed by atoms with E-state index in [9.17, 15) is 9.59 Å². The van der Waals surface area contributed by atoms with Crippen molar-refractivity contribution in [3.05, 3.63) is 59.7 Å². The van der Waals surface area contributed by atoms with Crippen molar-refractivity contribution >= 4 is 50.8 Å². The van der Waals surface area contributed by atoms with Crippen molar-refractivity contribution in [3.63, 3.8) is 0 Å². The zero-order valence-corrected chi connectivity index (χ0v) is 17.1. The maximum atomic E-state index is 13.1. The van der Waals surface area contributed by atoms with E-state index >= 15 is 0 Å². The normalized spacial score (nSPS) is 10.7. The quantitative estimate of drug-likeness (QED) is 0.581. The van der Waals surface area contributed by atoms with Crippen molar-refractivity contribution in [2.75, 3.05) is 32.1 Å². The molecule has 1 amide bonds. The van der Waals surface area contributed by atoms with Crippen LogP contribution in [0.3, 0.4) is 0 Å². The fourth-order valence-electron chi connectivity index (χ4n) is 2.56. The average Bonchev–Trinajstić information content (AvgIpc) is 3.05. The highest BCUT2D eigenvalue weighted by atomic mass is 35.5. The fraction of sp³-hybridized carbons (Fsp3) is 0.250. The third kappa shape index (κ3) is 4.91. The number of nitrogens with zero attached hydrogens (tertiary/aromatic N) is 3. The molecule has 5 nitrogen and oxygen atoms in total. The maximum Gasteiger partial charge on any atom is 0.260 e. The molecule has 0 aliphatic carbocycles. The number of halogens is 1. The van der Waals surface area contributed by atoms with Crippen molar-refractivity contribution in [1.82, 2.24) is 9.88 Å². The van der Waals surface area contributed by atoms with E-state index in [1.807, 2.05) is 43.3 Å². The number of carbonyl (C=O) groups excluding carboxylic acids is 2. The highest BCUT2D eigenvalue weighted by Crippen LogP contribution is 2.29. The Balaban J connectivity index is 0.00000261. The number of amides is 1. The van der Waals surface area contributed by atoms with Gasteiger partial charge in [0.05, 0.1) is 10.2 Å². The second kappa shape index (κ2) is 9.08. The van der Waals surface area contributed by atoms with Crippen LogP contribution in [0.4, 0.5) is 5.13 Å². The summed E-state index contributed by atoms with van der Waals surface area (Å²) in [6, 6.07) is 14.7. The van der Waals surface area contributed by atoms with Crippen LogP contribution in [0, 0.1) is 0 Å². The predicted octanol–water partition coefficient (Wildman–Crippen LogP) is 4.13. The Hall–Kier alpha value is -2.28. The Morgan fingerprint density at radius 3 is 2.19 bits per heavy atom. The van der Waals surface area contributed by atoms with Crippen LogP contribution in [0.15, 0.2) is 48.5 Å². The van der Waals surface area contributed by atoms with E-state index in [0.717, 1.165) is 16.8 Å². The van der Waals surface area contributed by atoms with Crippen LogP contribution in [-0.4, -0.2) is 48.8 Å². The Bertz CT molecular complexity index is 905. The van der Waals surface area contributed by atoms with Crippen LogP contribution >= 0.6 is 23.7 Å². The first-order chi connectivity index (χ1) is 12.5. The number of benzene rings is 2. The van der Waals surface area contributed by atoms with Gasteiger partial charge in [-0.2, -0.15) is 0 Å². The summed E-state index contributed by atoms with van der Waals surface area (Å²) >= 11 is 1.51. The molecule has 3 rings (SSSR count). The molecule has 0 unspecified atom stereocenters.